The summed E-state index contributed by atoms with van der Waals surface area (Å²) in [6, 6.07) is 5.67. The molecule has 3 rings (SSSR count). The number of fused-ring (bicyclic) bond motifs is 1. The summed E-state index contributed by atoms with van der Waals surface area (Å²) in [5.74, 6) is 0.356. The van der Waals surface area contributed by atoms with E-state index in [-0.39, 0.29) is 0 Å². The lowest BCUT2D eigenvalue weighted by Gasteiger charge is -2.26. The SMILES string of the molecule is Oc1c(CCN2CCOCC2)ccc2occc12. The second-order valence-corrected chi connectivity index (χ2v) is 4.61. The zero-order valence-corrected chi connectivity index (χ0v) is 10.3. The largest absolute Gasteiger partial charge is 0.507 e. The van der Waals surface area contributed by atoms with E-state index in [9.17, 15) is 5.11 Å². The van der Waals surface area contributed by atoms with E-state index in [0.717, 1.165) is 55.8 Å². The summed E-state index contributed by atoms with van der Waals surface area (Å²) >= 11 is 0. The van der Waals surface area contributed by atoms with Crippen molar-refractivity contribution in [2.45, 2.75) is 6.42 Å². The summed E-state index contributed by atoms with van der Waals surface area (Å²) in [7, 11) is 0. The van der Waals surface area contributed by atoms with E-state index >= 15 is 0 Å². The number of hydrogen-bond acceptors (Lipinski definition) is 4. The Morgan fingerprint density at radius 1 is 1.17 bits per heavy atom. The molecule has 0 spiro atoms. The van der Waals surface area contributed by atoms with Gasteiger partial charge in [-0.1, -0.05) is 6.07 Å². The van der Waals surface area contributed by atoms with Crippen molar-refractivity contribution in [1.29, 1.82) is 0 Å². The third-order valence-electron chi connectivity index (χ3n) is 3.49. The topological polar surface area (TPSA) is 45.8 Å². The molecule has 4 heteroatoms. The smallest absolute Gasteiger partial charge is 0.137 e. The van der Waals surface area contributed by atoms with Gasteiger partial charge in [-0.25, -0.2) is 0 Å². The Kier molecular flexibility index (Phi) is 3.21. The maximum Gasteiger partial charge on any atom is 0.137 e. The minimum absolute atomic E-state index is 0.356. The standard InChI is InChI=1S/C14H17NO3/c16-14-11(1-2-13-12(14)4-8-18-13)3-5-15-6-9-17-10-7-15/h1-2,4,8,16H,3,5-7,9-10H2. The van der Waals surface area contributed by atoms with E-state index in [1.165, 1.54) is 0 Å². The molecule has 0 saturated carbocycles. The molecule has 1 aliphatic heterocycles. The lowest BCUT2D eigenvalue weighted by atomic mass is 10.1. The first-order valence-corrected chi connectivity index (χ1v) is 6.33. The van der Waals surface area contributed by atoms with Gasteiger partial charge in [0.2, 0.25) is 0 Å². The van der Waals surface area contributed by atoms with Gasteiger partial charge in [-0.3, -0.25) is 4.90 Å². The number of phenolic OH excluding ortho intramolecular Hbond substituents is 1. The highest BCUT2D eigenvalue weighted by Gasteiger charge is 2.12. The van der Waals surface area contributed by atoms with Crippen LogP contribution in [0.2, 0.25) is 0 Å². The average Bonchev–Trinajstić information content (AvgIpc) is 2.88. The molecule has 1 N–H and O–H groups in total. The van der Waals surface area contributed by atoms with Crippen molar-refractivity contribution in [1.82, 2.24) is 4.90 Å². The molecule has 2 heterocycles. The zero-order valence-electron chi connectivity index (χ0n) is 10.3. The lowest BCUT2D eigenvalue weighted by Crippen LogP contribution is -2.37. The number of rotatable bonds is 3. The Bertz CT molecular complexity index is 529. The van der Waals surface area contributed by atoms with Crippen LogP contribution in [-0.2, 0) is 11.2 Å². The third-order valence-corrected chi connectivity index (χ3v) is 3.49. The molecule has 96 valence electrons. The molecule has 0 bridgehead atoms. The number of ether oxygens (including phenoxy) is 1. The number of hydrogen-bond donors (Lipinski definition) is 1. The molecule has 0 aliphatic carbocycles. The fourth-order valence-corrected chi connectivity index (χ4v) is 2.38. The summed E-state index contributed by atoms with van der Waals surface area (Å²) in [4.78, 5) is 2.36. The summed E-state index contributed by atoms with van der Waals surface area (Å²) in [6.07, 6.45) is 2.46. The van der Waals surface area contributed by atoms with Crippen molar-refractivity contribution in [3.63, 3.8) is 0 Å². The number of benzene rings is 1. The molecule has 1 aromatic carbocycles. The summed E-state index contributed by atoms with van der Waals surface area (Å²) < 4.78 is 10.6. The minimum Gasteiger partial charge on any atom is -0.507 e. The first-order valence-electron chi connectivity index (χ1n) is 6.33. The molecule has 1 aliphatic rings. The van der Waals surface area contributed by atoms with Gasteiger partial charge in [-0.05, 0) is 24.1 Å². The lowest BCUT2D eigenvalue weighted by molar-refractivity contribution is 0.0384. The predicted octanol–water partition coefficient (Wildman–Crippen LogP) is 2.01. The summed E-state index contributed by atoms with van der Waals surface area (Å²) in [5.41, 5.74) is 1.72. The quantitative estimate of drug-likeness (QED) is 0.901. The van der Waals surface area contributed by atoms with Crippen LogP contribution in [0, 0.1) is 0 Å². The summed E-state index contributed by atoms with van der Waals surface area (Å²) in [6.45, 7) is 4.54. The second kappa shape index (κ2) is 5.00. The Morgan fingerprint density at radius 2 is 2.00 bits per heavy atom. The minimum atomic E-state index is 0.356. The Hall–Kier alpha value is -1.52. The maximum absolute atomic E-state index is 10.2. The van der Waals surface area contributed by atoms with E-state index in [1.54, 1.807) is 6.26 Å². The van der Waals surface area contributed by atoms with E-state index in [0.29, 0.717) is 5.75 Å². The molecule has 0 atom stereocenters. The Labute approximate surface area is 106 Å². The van der Waals surface area contributed by atoms with Crippen molar-refractivity contribution in [2.75, 3.05) is 32.8 Å². The molecular formula is C14H17NO3. The van der Waals surface area contributed by atoms with Crippen molar-refractivity contribution in [2.24, 2.45) is 0 Å². The van der Waals surface area contributed by atoms with Gasteiger partial charge in [0.15, 0.2) is 0 Å². The van der Waals surface area contributed by atoms with Crippen LogP contribution in [0.1, 0.15) is 5.56 Å². The number of aromatic hydroxyl groups is 1. The molecule has 0 unspecified atom stereocenters. The van der Waals surface area contributed by atoms with E-state index < -0.39 is 0 Å². The molecule has 0 amide bonds. The van der Waals surface area contributed by atoms with E-state index in [2.05, 4.69) is 4.90 Å². The zero-order chi connectivity index (χ0) is 12.4. The molecule has 4 nitrogen and oxygen atoms in total. The molecule has 2 aromatic rings. The fourth-order valence-electron chi connectivity index (χ4n) is 2.38. The third kappa shape index (κ3) is 2.21. The van der Waals surface area contributed by atoms with Crippen molar-refractivity contribution in [3.8, 4) is 5.75 Å². The van der Waals surface area contributed by atoms with Crippen LogP contribution in [0.5, 0.6) is 5.75 Å². The van der Waals surface area contributed by atoms with Gasteiger partial charge in [0.05, 0.1) is 24.9 Å². The van der Waals surface area contributed by atoms with E-state index in [1.807, 2.05) is 18.2 Å². The number of morpholine rings is 1. The van der Waals surface area contributed by atoms with Gasteiger partial charge >= 0.3 is 0 Å². The normalized spacial score (nSPS) is 17.3. The van der Waals surface area contributed by atoms with Gasteiger partial charge in [-0.2, -0.15) is 0 Å². The highest BCUT2D eigenvalue weighted by molar-refractivity contribution is 5.85. The van der Waals surface area contributed by atoms with Crippen LogP contribution in [0.4, 0.5) is 0 Å². The highest BCUT2D eigenvalue weighted by atomic mass is 16.5. The summed E-state index contributed by atoms with van der Waals surface area (Å²) in [5, 5.41) is 11.0. The Morgan fingerprint density at radius 3 is 2.83 bits per heavy atom. The first-order chi connectivity index (χ1) is 8.84. The van der Waals surface area contributed by atoms with Gasteiger partial charge < -0.3 is 14.3 Å². The van der Waals surface area contributed by atoms with Gasteiger partial charge in [0.1, 0.15) is 11.3 Å². The van der Waals surface area contributed by atoms with Gasteiger partial charge in [-0.15, -0.1) is 0 Å². The molecule has 1 aromatic heterocycles. The van der Waals surface area contributed by atoms with Crippen LogP contribution in [-0.4, -0.2) is 42.9 Å². The maximum atomic E-state index is 10.2. The van der Waals surface area contributed by atoms with Gasteiger partial charge in [0.25, 0.3) is 0 Å². The first kappa shape index (κ1) is 11.6. The van der Waals surface area contributed by atoms with E-state index in [4.69, 9.17) is 9.15 Å². The average molecular weight is 247 g/mol. The number of nitrogens with zero attached hydrogens (tertiary/aromatic N) is 1. The molecular weight excluding hydrogens is 230 g/mol. The molecule has 18 heavy (non-hydrogen) atoms. The van der Waals surface area contributed by atoms with Crippen LogP contribution in [0.25, 0.3) is 11.0 Å². The van der Waals surface area contributed by atoms with Crippen LogP contribution < -0.4 is 0 Å². The molecule has 0 radical (unpaired) electrons. The molecule has 1 fully saturated rings. The van der Waals surface area contributed by atoms with Gasteiger partial charge in [0, 0.05) is 19.6 Å². The monoisotopic (exact) mass is 247 g/mol. The van der Waals surface area contributed by atoms with Crippen LogP contribution >= 0.6 is 0 Å². The Balaban J connectivity index is 1.71. The van der Waals surface area contributed by atoms with Crippen LogP contribution in [0.3, 0.4) is 0 Å². The highest BCUT2D eigenvalue weighted by Crippen LogP contribution is 2.29. The fraction of sp³-hybridized carbons (Fsp3) is 0.429. The second-order valence-electron chi connectivity index (χ2n) is 4.61. The molecule has 1 saturated heterocycles. The van der Waals surface area contributed by atoms with Crippen molar-refractivity contribution >= 4 is 11.0 Å². The number of phenols is 1. The van der Waals surface area contributed by atoms with Crippen molar-refractivity contribution < 1.29 is 14.3 Å². The van der Waals surface area contributed by atoms with Crippen LogP contribution in [0.15, 0.2) is 28.9 Å². The number of furan rings is 1. The predicted molar refractivity (Wildman–Crippen MR) is 68.8 cm³/mol. The van der Waals surface area contributed by atoms with Crippen molar-refractivity contribution in [3.05, 3.63) is 30.0 Å².